The fraction of sp³-hybridized carbons (Fsp3) is 0.421. The fourth-order valence-corrected chi connectivity index (χ4v) is 3.67. The summed E-state index contributed by atoms with van der Waals surface area (Å²) in [5, 5.41) is 5.46. The molecule has 0 bridgehead atoms. The first kappa shape index (κ1) is 17.8. The molecule has 0 aliphatic carbocycles. The standard InChI is InChI=1S/C19H26N2OS/c1-4-23-18(13(2)3)19(22)21-17(12-20)16-10-9-14-7-5-6-8-15(14)11-16/h5-11,13,17-18H,4,12,20H2,1-3H3,(H,21,22). The molecule has 23 heavy (non-hydrogen) atoms. The van der Waals surface area contributed by atoms with Crippen molar-refractivity contribution in [2.45, 2.75) is 32.1 Å². The number of nitrogens with two attached hydrogens (primary N) is 1. The molecule has 1 amide bonds. The highest BCUT2D eigenvalue weighted by Crippen LogP contribution is 2.23. The van der Waals surface area contributed by atoms with Gasteiger partial charge in [0.1, 0.15) is 0 Å². The molecule has 0 spiro atoms. The van der Waals surface area contributed by atoms with Gasteiger partial charge in [0.2, 0.25) is 5.91 Å². The van der Waals surface area contributed by atoms with Crippen LogP contribution in [0.25, 0.3) is 10.8 Å². The molecule has 4 heteroatoms. The summed E-state index contributed by atoms with van der Waals surface area (Å²) in [5.41, 5.74) is 6.98. The molecule has 2 atom stereocenters. The van der Waals surface area contributed by atoms with Gasteiger partial charge in [-0.1, -0.05) is 57.2 Å². The van der Waals surface area contributed by atoms with E-state index < -0.39 is 0 Å². The summed E-state index contributed by atoms with van der Waals surface area (Å²) in [4.78, 5) is 12.6. The Hall–Kier alpha value is -1.52. The number of nitrogens with one attached hydrogen (secondary N) is 1. The van der Waals surface area contributed by atoms with Gasteiger partial charge in [0.15, 0.2) is 0 Å². The maximum atomic E-state index is 12.6. The first-order valence-electron chi connectivity index (χ1n) is 8.17. The second-order valence-corrected chi connectivity index (χ2v) is 7.44. The van der Waals surface area contributed by atoms with E-state index in [9.17, 15) is 4.79 Å². The van der Waals surface area contributed by atoms with Gasteiger partial charge in [0, 0.05) is 6.54 Å². The molecule has 3 nitrogen and oxygen atoms in total. The normalized spacial score (nSPS) is 14.0. The Labute approximate surface area is 143 Å². The molecule has 124 valence electrons. The molecule has 0 aromatic heterocycles. The summed E-state index contributed by atoms with van der Waals surface area (Å²) in [6, 6.07) is 14.3. The molecule has 2 aromatic carbocycles. The zero-order valence-corrected chi connectivity index (χ0v) is 14.9. The average Bonchev–Trinajstić information content (AvgIpc) is 2.56. The van der Waals surface area contributed by atoms with E-state index in [1.165, 1.54) is 10.8 Å². The molecule has 2 aromatic rings. The Morgan fingerprint density at radius 2 is 1.87 bits per heavy atom. The third-order valence-corrected chi connectivity index (χ3v) is 5.39. The Morgan fingerprint density at radius 1 is 1.17 bits per heavy atom. The minimum Gasteiger partial charge on any atom is -0.347 e. The van der Waals surface area contributed by atoms with Gasteiger partial charge < -0.3 is 11.1 Å². The summed E-state index contributed by atoms with van der Waals surface area (Å²) >= 11 is 1.69. The molecule has 0 fully saturated rings. The van der Waals surface area contributed by atoms with Crippen molar-refractivity contribution in [2.75, 3.05) is 12.3 Å². The van der Waals surface area contributed by atoms with E-state index in [4.69, 9.17) is 5.73 Å². The number of fused-ring (bicyclic) bond motifs is 1. The summed E-state index contributed by atoms with van der Waals surface area (Å²) in [5.74, 6) is 1.31. The van der Waals surface area contributed by atoms with Gasteiger partial charge in [-0.2, -0.15) is 0 Å². The Balaban J connectivity index is 2.19. The first-order valence-corrected chi connectivity index (χ1v) is 9.22. The lowest BCUT2D eigenvalue weighted by atomic mass is 10.0. The number of hydrogen-bond acceptors (Lipinski definition) is 3. The van der Waals surface area contributed by atoms with Crippen molar-refractivity contribution < 1.29 is 4.79 Å². The molecule has 2 unspecified atom stereocenters. The molecule has 0 saturated heterocycles. The molecular weight excluding hydrogens is 304 g/mol. The van der Waals surface area contributed by atoms with Crippen LogP contribution in [-0.2, 0) is 4.79 Å². The highest BCUT2D eigenvalue weighted by Gasteiger charge is 2.24. The van der Waals surface area contributed by atoms with Crippen molar-refractivity contribution in [3.63, 3.8) is 0 Å². The molecule has 0 heterocycles. The van der Waals surface area contributed by atoms with Crippen molar-refractivity contribution in [2.24, 2.45) is 11.7 Å². The van der Waals surface area contributed by atoms with Crippen LogP contribution < -0.4 is 11.1 Å². The van der Waals surface area contributed by atoms with E-state index in [0.717, 1.165) is 11.3 Å². The van der Waals surface area contributed by atoms with Gasteiger partial charge in [0.25, 0.3) is 0 Å². The summed E-state index contributed by atoms with van der Waals surface area (Å²) < 4.78 is 0. The second kappa shape index (κ2) is 8.37. The van der Waals surface area contributed by atoms with Crippen molar-refractivity contribution in [1.82, 2.24) is 5.32 Å². The largest absolute Gasteiger partial charge is 0.347 e. The lowest BCUT2D eigenvalue weighted by Gasteiger charge is -2.24. The van der Waals surface area contributed by atoms with Crippen LogP contribution in [0.1, 0.15) is 32.4 Å². The van der Waals surface area contributed by atoms with Crippen LogP contribution in [0, 0.1) is 5.92 Å². The highest BCUT2D eigenvalue weighted by atomic mass is 32.2. The predicted molar refractivity (Wildman–Crippen MR) is 101 cm³/mol. The first-order chi connectivity index (χ1) is 11.1. The predicted octanol–water partition coefficient (Wildman–Crippen LogP) is 3.73. The van der Waals surface area contributed by atoms with Gasteiger partial charge >= 0.3 is 0 Å². The van der Waals surface area contributed by atoms with Crippen molar-refractivity contribution >= 4 is 28.4 Å². The van der Waals surface area contributed by atoms with Crippen molar-refractivity contribution in [3.05, 3.63) is 48.0 Å². The smallest absolute Gasteiger partial charge is 0.233 e. The lowest BCUT2D eigenvalue weighted by molar-refractivity contribution is -0.121. The van der Waals surface area contributed by atoms with E-state index in [1.54, 1.807) is 11.8 Å². The van der Waals surface area contributed by atoms with Gasteiger partial charge in [-0.3, -0.25) is 4.79 Å². The summed E-state index contributed by atoms with van der Waals surface area (Å²) in [7, 11) is 0. The van der Waals surface area contributed by atoms with Gasteiger partial charge in [-0.15, -0.1) is 11.8 Å². The molecule has 0 aliphatic heterocycles. The van der Waals surface area contributed by atoms with Gasteiger partial charge in [-0.05, 0) is 34.1 Å². The number of amides is 1. The minimum absolute atomic E-state index is 0.0329. The lowest BCUT2D eigenvalue weighted by Crippen LogP contribution is -2.40. The van der Waals surface area contributed by atoms with E-state index in [0.29, 0.717) is 12.5 Å². The Morgan fingerprint density at radius 3 is 2.48 bits per heavy atom. The average molecular weight is 330 g/mol. The second-order valence-electron chi connectivity index (χ2n) is 6.02. The van der Waals surface area contributed by atoms with E-state index in [2.05, 4.69) is 56.4 Å². The van der Waals surface area contributed by atoms with Crippen molar-refractivity contribution in [1.29, 1.82) is 0 Å². The number of rotatable bonds is 7. The number of carbonyl (C=O) groups excluding carboxylic acids is 1. The minimum atomic E-state index is -0.147. The van der Waals surface area contributed by atoms with Crippen LogP contribution in [0.15, 0.2) is 42.5 Å². The maximum Gasteiger partial charge on any atom is 0.233 e. The number of hydrogen-bond donors (Lipinski definition) is 2. The van der Waals surface area contributed by atoms with Crippen molar-refractivity contribution in [3.8, 4) is 0 Å². The highest BCUT2D eigenvalue weighted by molar-refractivity contribution is 8.00. The molecule has 0 saturated carbocycles. The Kier molecular flexibility index (Phi) is 6.48. The van der Waals surface area contributed by atoms with Crippen LogP contribution in [0.4, 0.5) is 0 Å². The summed E-state index contributed by atoms with van der Waals surface area (Å²) in [6.07, 6.45) is 0. The monoisotopic (exact) mass is 330 g/mol. The molecule has 3 N–H and O–H groups in total. The maximum absolute atomic E-state index is 12.6. The molecule has 2 rings (SSSR count). The van der Waals surface area contributed by atoms with Gasteiger partial charge in [-0.25, -0.2) is 0 Å². The SMILES string of the molecule is CCSC(C(=O)NC(CN)c1ccc2ccccc2c1)C(C)C. The van der Waals surface area contributed by atoms with E-state index in [1.807, 2.05) is 12.1 Å². The van der Waals surface area contributed by atoms with Crippen LogP contribution in [0.3, 0.4) is 0 Å². The number of carbonyl (C=O) groups is 1. The quantitative estimate of drug-likeness (QED) is 0.813. The summed E-state index contributed by atoms with van der Waals surface area (Å²) in [6.45, 7) is 6.64. The molecule has 0 aliphatic rings. The number of benzene rings is 2. The van der Waals surface area contributed by atoms with Crippen LogP contribution in [-0.4, -0.2) is 23.5 Å². The number of thioether (sulfide) groups is 1. The Bertz CT molecular complexity index is 657. The third-order valence-electron chi connectivity index (χ3n) is 3.94. The third kappa shape index (κ3) is 4.49. The molecule has 0 radical (unpaired) electrons. The fourth-order valence-electron chi connectivity index (χ4n) is 2.71. The molecular formula is C19H26N2OS. The van der Waals surface area contributed by atoms with Crippen LogP contribution >= 0.6 is 11.8 Å². The van der Waals surface area contributed by atoms with E-state index in [-0.39, 0.29) is 17.2 Å². The van der Waals surface area contributed by atoms with Gasteiger partial charge in [0.05, 0.1) is 11.3 Å². The van der Waals surface area contributed by atoms with Crippen LogP contribution in [0.5, 0.6) is 0 Å². The van der Waals surface area contributed by atoms with Crippen LogP contribution in [0.2, 0.25) is 0 Å². The zero-order chi connectivity index (χ0) is 16.8. The zero-order valence-electron chi connectivity index (χ0n) is 14.1. The van der Waals surface area contributed by atoms with E-state index >= 15 is 0 Å². The topological polar surface area (TPSA) is 55.1 Å².